The SMILES string of the molecule is CCNC(=S)NNC(=O)/C=C/c1ccccc1Cl. The summed E-state index contributed by atoms with van der Waals surface area (Å²) in [5.41, 5.74) is 5.79. The van der Waals surface area contributed by atoms with Crippen molar-refractivity contribution in [1.29, 1.82) is 0 Å². The summed E-state index contributed by atoms with van der Waals surface area (Å²) in [5.74, 6) is -0.310. The van der Waals surface area contributed by atoms with Crippen LogP contribution in [0.1, 0.15) is 12.5 Å². The highest BCUT2D eigenvalue weighted by Gasteiger charge is 1.98. The first-order valence-corrected chi connectivity index (χ1v) is 6.18. The van der Waals surface area contributed by atoms with E-state index in [1.54, 1.807) is 12.1 Å². The standard InChI is InChI=1S/C12H14ClN3OS/c1-2-14-12(18)16-15-11(17)8-7-9-5-3-4-6-10(9)13/h3-8H,2H2,1H3,(H,15,17)(H2,14,16,18)/b8-7+. The van der Waals surface area contributed by atoms with Gasteiger partial charge < -0.3 is 5.32 Å². The van der Waals surface area contributed by atoms with E-state index < -0.39 is 0 Å². The maximum absolute atomic E-state index is 11.4. The van der Waals surface area contributed by atoms with E-state index in [9.17, 15) is 4.79 Å². The summed E-state index contributed by atoms with van der Waals surface area (Å²) in [6.07, 6.45) is 3.01. The van der Waals surface area contributed by atoms with Crippen molar-refractivity contribution < 1.29 is 4.79 Å². The van der Waals surface area contributed by atoms with Gasteiger partial charge in [-0.25, -0.2) is 0 Å². The lowest BCUT2D eigenvalue weighted by Crippen LogP contribution is -2.46. The molecule has 0 aliphatic carbocycles. The number of hydrogen-bond acceptors (Lipinski definition) is 2. The first-order chi connectivity index (χ1) is 8.63. The topological polar surface area (TPSA) is 53.2 Å². The monoisotopic (exact) mass is 283 g/mol. The van der Waals surface area contributed by atoms with Crippen LogP contribution in [0.5, 0.6) is 0 Å². The van der Waals surface area contributed by atoms with E-state index in [0.29, 0.717) is 16.7 Å². The molecule has 4 nitrogen and oxygen atoms in total. The minimum atomic E-state index is -0.310. The third-order valence-electron chi connectivity index (χ3n) is 1.96. The molecule has 1 amide bonds. The maximum atomic E-state index is 11.4. The van der Waals surface area contributed by atoms with Crippen molar-refractivity contribution in [1.82, 2.24) is 16.2 Å². The van der Waals surface area contributed by atoms with Crippen molar-refractivity contribution in [2.24, 2.45) is 0 Å². The minimum absolute atomic E-state index is 0.310. The van der Waals surface area contributed by atoms with Crippen LogP contribution in [-0.4, -0.2) is 17.6 Å². The number of thiocarbonyl (C=S) groups is 1. The second-order valence-electron chi connectivity index (χ2n) is 3.33. The second kappa shape index (κ2) is 7.68. The Morgan fingerprint density at radius 2 is 2.11 bits per heavy atom. The van der Waals surface area contributed by atoms with E-state index in [4.69, 9.17) is 23.8 Å². The summed E-state index contributed by atoms with van der Waals surface area (Å²) in [7, 11) is 0. The van der Waals surface area contributed by atoms with Crippen molar-refractivity contribution in [3.63, 3.8) is 0 Å². The maximum Gasteiger partial charge on any atom is 0.262 e. The van der Waals surface area contributed by atoms with Gasteiger partial charge in [0.15, 0.2) is 5.11 Å². The van der Waals surface area contributed by atoms with E-state index >= 15 is 0 Å². The van der Waals surface area contributed by atoms with Crippen LogP contribution in [0.15, 0.2) is 30.3 Å². The van der Waals surface area contributed by atoms with Crippen LogP contribution in [0.25, 0.3) is 6.08 Å². The third kappa shape index (κ3) is 5.16. The lowest BCUT2D eigenvalue weighted by molar-refractivity contribution is -0.116. The Balaban J connectivity index is 2.45. The van der Waals surface area contributed by atoms with Gasteiger partial charge >= 0.3 is 0 Å². The number of carbonyl (C=O) groups is 1. The summed E-state index contributed by atoms with van der Waals surface area (Å²) < 4.78 is 0. The zero-order valence-electron chi connectivity index (χ0n) is 9.87. The molecule has 0 unspecified atom stereocenters. The normalized spacial score (nSPS) is 10.1. The number of nitrogens with one attached hydrogen (secondary N) is 3. The molecule has 3 N–H and O–H groups in total. The van der Waals surface area contributed by atoms with Gasteiger partial charge in [-0.2, -0.15) is 0 Å². The van der Waals surface area contributed by atoms with Crippen LogP contribution in [0.4, 0.5) is 0 Å². The Hall–Kier alpha value is -1.59. The van der Waals surface area contributed by atoms with Gasteiger partial charge in [0.05, 0.1) is 0 Å². The molecule has 0 heterocycles. The predicted molar refractivity (Wildman–Crippen MR) is 78.0 cm³/mol. The molecule has 0 saturated carbocycles. The van der Waals surface area contributed by atoms with Crippen molar-refractivity contribution in [2.45, 2.75) is 6.92 Å². The molecule has 0 atom stereocenters. The molecular formula is C12H14ClN3OS. The number of halogens is 1. The Bertz CT molecular complexity index is 462. The summed E-state index contributed by atoms with van der Waals surface area (Å²) in [6.45, 7) is 2.60. The number of carbonyl (C=O) groups excluding carboxylic acids is 1. The van der Waals surface area contributed by atoms with Crippen molar-refractivity contribution in [3.05, 3.63) is 40.9 Å². The number of hydrazine groups is 1. The van der Waals surface area contributed by atoms with Crippen LogP contribution in [-0.2, 0) is 4.79 Å². The van der Waals surface area contributed by atoms with Gasteiger partial charge in [-0.1, -0.05) is 29.8 Å². The van der Waals surface area contributed by atoms with Gasteiger partial charge in [-0.3, -0.25) is 15.6 Å². The molecule has 0 fully saturated rings. The highest BCUT2D eigenvalue weighted by Crippen LogP contribution is 2.15. The summed E-state index contributed by atoms with van der Waals surface area (Å²) >= 11 is 10.8. The zero-order valence-corrected chi connectivity index (χ0v) is 11.4. The van der Waals surface area contributed by atoms with E-state index in [0.717, 1.165) is 5.56 Å². The molecular weight excluding hydrogens is 270 g/mol. The fraction of sp³-hybridized carbons (Fsp3) is 0.167. The van der Waals surface area contributed by atoms with Crippen LogP contribution < -0.4 is 16.2 Å². The van der Waals surface area contributed by atoms with Crippen LogP contribution in [0, 0.1) is 0 Å². The molecule has 0 radical (unpaired) electrons. The van der Waals surface area contributed by atoms with Gasteiger partial charge in [0.1, 0.15) is 0 Å². The smallest absolute Gasteiger partial charge is 0.262 e. The molecule has 1 aromatic carbocycles. The zero-order chi connectivity index (χ0) is 13.4. The molecule has 0 spiro atoms. The van der Waals surface area contributed by atoms with Crippen LogP contribution in [0.3, 0.4) is 0 Å². The Morgan fingerprint density at radius 1 is 1.39 bits per heavy atom. The molecule has 6 heteroatoms. The van der Waals surface area contributed by atoms with Gasteiger partial charge in [-0.15, -0.1) is 0 Å². The molecule has 1 aromatic rings. The van der Waals surface area contributed by atoms with E-state index in [-0.39, 0.29) is 5.91 Å². The van der Waals surface area contributed by atoms with Crippen molar-refractivity contribution in [3.8, 4) is 0 Å². The van der Waals surface area contributed by atoms with Crippen LogP contribution in [0.2, 0.25) is 5.02 Å². The summed E-state index contributed by atoms with van der Waals surface area (Å²) in [5, 5.41) is 3.81. The molecule has 0 aromatic heterocycles. The van der Waals surface area contributed by atoms with Crippen molar-refractivity contribution in [2.75, 3.05) is 6.54 Å². The highest BCUT2D eigenvalue weighted by molar-refractivity contribution is 7.80. The van der Waals surface area contributed by atoms with Crippen LogP contribution >= 0.6 is 23.8 Å². The minimum Gasteiger partial charge on any atom is -0.362 e. The van der Waals surface area contributed by atoms with E-state index in [1.165, 1.54) is 6.08 Å². The quantitative estimate of drug-likeness (QED) is 0.450. The molecule has 0 aliphatic rings. The van der Waals surface area contributed by atoms with Gasteiger partial charge in [-0.05, 0) is 36.8 Å². The van der Waals surface area contributed by atoms with E-state index in [1.807, 2.05) is 25.1 Å². The summed E-state index contributed by atoms with van der Waals surface area (Å²) in [4.78, 5) is 11.4. The van der Waals surface area contributed by atoms with E-state index in [2.05, 4.69) is 16.2 Å². The molecule has 0 bridgehead atoms. The Labute approximate surface area is 116 Å². The average Bonchev–Trinajstić information content (AvgIpc) is 2.36. The third-order valence-corrected chi connectivity index (χ3v) is 2.55. The second-order valence-corrected chi connectivity index (χ2v) is 4.14. The largest absolute Gasteiger partial charge is 0.362 e. The number of rotatable bonds is 3. The molecule has 96 valence electrons. The number of hydrogen-bond donors (Lipinski definition) is 3. The van der Waals surface area contributed by atoms with Gasteiger partial charge in [0.2, 0.25) is 0 Å². The first-order valence-electron chi connectivity index (χ1n) is 5.40. The predicted octanol–water partition coefficient (Wildman–Crippen LogP) is 1.87. The lowest BCUT2D eigenvalue weighted by atomic mass is 10.2. The highest BCUT2D eigenvalue weighted by atomic mass is 35.5. The lowest BCUT2D eigenvalue weighted by Gasteiger charge is -2.08. The number of amides is 1. The van der Waals surface area contributed by atoms with Gasteiger partial charge in [0.25, 0.3) is 5.91 Å². The Kier molecular flexibility index (Phi) is 6.18. The Morgan fingerprint density at radius 3 is 2.78 bits per heavy atom. The van der Waals surface area contributed by atoms with Gasteiger partial charge in [0, 0.05) is 17.6 Å². The fourth-order valence-electron chi connectivity index (χ4n) is 1.14. The molecule has 0 saturated heterocycles. The molecule has 1 rings (SSSR count). The summed E-state index contributed by atoms with van der Waals surface area (Å²) in [6, 6.07) is 7.26. The average molecular weight is 284 g/mol. The van der Waals surface area contributed by atoms with Crippen molar-refractivity contribution >= 4 is 40.9 Å². The molecule has 0 aliphatic heterocycles. The first kappa shape index (κ1) is 14.5. The number of benzene rings is 1. The fourth-order valence-corrected chi connectivity index (χ4v) is 1.53. The molecule has 18 heavy (non-hydrogen) atoms.